The van der Waals surface area contributed by atoms with Gasteiger partial charge in [-0.15, -0.1) is 0 Å². The second-order valence-electron chi connectivity index (χ2n) is 7.27. The van der Waals surface area contributed by atoms with E-state index in [2.05, 4.69) is 5.32 Å². The van der Waals surface area contributed by atoms with Crippen LogP contribution in [0.2, 0.25) is 0 Å². The fraction of sp³-hybridized carbons (Fsp3) is 0.476. The number of nitrogen functional groups attached to an aromatic ring is 1. The van der Waals surface area contributed by atoms with E-state index in [-0.39, 0.29) is 18.1 Å². The Balaban J connectivity index is 1.90. The van der Waals surface area contributed by atoms with Crippen LogP contribution in [0.5, 0.6) is 0 Å². The molecule has 9 nitrogen and oxygen atoms in total. The van der Waals surface area contributed by atoms with Crippen LogP contribution in [-0.4, -0.2) is 41.3 Å². The average molecular weight is 415 g/mol. The normalized spacial score (nSPS) is 14.0. The molecule has 0 saturated carbocycles. The van der Waals surface area contributed by atoms with Gasteiger partial charge < -0.3 is 20.7 Å². The number of amides is 1. The van der Waals surface area contributed by atoms with Crippen molar-refractivity contribution in [2.45, 2.75) is 39.4 Å². The minimum absolute atomic E-state index is 0.154. The highest BCUT2D eigenvalue weighted by Crippen LogP contribution is 2.18. The van der Waals surface area contributed by atoms with Crippen LogP contribution in [0.15, 0.2) is 39.9 Å². The largest absolute Gasteiger partial charge is 0.383 e. The first kappa shape index (κ1) is 21.6. The van der Waals surface area contributed by atoms with Crippen molar-refractivity contribution >= 4 is 17.4 Å². The highest BCUT2D eigenvalue weighted by Gasteiger charge is 2.24. The molecule has 0 spiro atoms. The number of hydrogen-bond donors (Lipinski definition) is 2. The lowest BCUT2D eigenvalue weighted by Crippen LogP contribution is -2.49. The molecule has 1 aliphatic rings. The summed E-state index contributed by atoms with van der Waals surface area (Å²) in [7, 11) is 0. The number of ether oxygens (including phenoxy) is 1. The van der Waals surface area contributed by atoms with Crippen LogP contribution >= 0.6 is 0 Å². The molecule has 1 amide bonds. The first-order chi connectivity index (χ1) is 14.5. The Hall–Kier alpha value is -3.07. The van der Waals surface area contributed by atoms with Crippen LogP contribution in [0.1, 0.15) is 25.3 Å². The van der Waals surface area contributed by atoms with Crippen molar-refractivity contribution in [2.24, 2.45) is 0 Å². The molecule has 2 heterocycles. The molecule has 1 fully saturated rings. The van der Waals surface area contributed by atoms with E-state index in [1.54, 1.807) is 0 Å². The summed E-state index contributed by atoms with van der Waals surface area (Å²) in [6.07, 6.45) is 1.61. The number of anilines is 2. The number of carbonyl (C=O) groups is 1. The van der Waals surface area contributed by atoms with E-state index >= 15 is 0 Å². The van der Waals surface area contributed by atoms with E-state index in [0.29, 0.717) is 39.4 Å². The van der Waals surface area contributed by atoms with Crippen LogP contribution in [0.25, 0.3) is 0 Å². The molecule has 1 saturated heterocycles. The lowest BCUT2D eigenvalue weighted by Gasteiger charge is -2.30. The minimum atomic E-state index is -0.558. The Bertz CT molecular complexity index is 977. The van der Waals surface area contributed by atoms with Gasteiger partial charge in [-0.2, -0.15) is 0 Å². The van der Waals surface area contributed by atoms with E-state index < -0.39 is 17.2 Å². The minimum Gasteiger partial charge on any atom is -0.383 e. The smallest absolute Gasteiger partial charge is 0.333 e. The summed E-state index contributed by atoms with van der Waals surface area (Å²) in [4.78, 5) is 40.5. The summed E-state index contributed by atoms with van der Waals surface area (Å²) >= 11 is 0. The van der Waals surface area contributed by atoms with Gasteiger partial charge >= 0.3 is 5.69 Å². The molecule has 1 aliphatic heterocycles. The Morgan fingerprint density at radius 1 is 1.13 bits per heavy atom. The Morgan fingerprint density at radius 2 is 1.83 bits per heavy atom. The number of carbonyl (C=O) groups excluding carboxylic acids is 1. The van der Waals surface area contributed by atoms with Crippen molar-refractivity contribution < 1.29 is 9.53 Å². The lowest BCUT2D eigenvalue weighted by atomic mass is 10.2. The predicted octanol–water partition coefficient (Wildman–Crippen LogP) is 0.545. The number of aromatic nitrogens is 2. The second-order valence-corrected chi connectivity index (χ2v) is 7.27. The summed E-state index contributed by atoms with van der Waals surface area (Å²) in [6.45, 7) is 4.34. The molecule has 9 heteroatoms. The summed E-state index contributed by atoms with van der Waals surface area (Å²) < 4.78 is 7.75. The van der Waals surface area contributed by atoms with Crippen molar-refractivity contribution in [3.05, 3.63) is 56.7 Å². The fourth-order valence-corrected chi connectivity index (χ4v) is 3.45. The number of hydrogen-bond acceptors (Lipinski definition) is 6. The lowest BCUT2D eigenvalue weighted by molar-refractivity contribution is -0.121. The Morgan fingerprint density at radius 3 is 2.50 bits per heavy atom. The van der Waals surface area contributed by atoms with Crippen LogP contribution < -0.4 is 27.2 Å². The average Bonchev–Trinajstić information content (AvgIpc) is 2.77. The third kappa shape index (κ3) is 4.91. The summed E-state index contributed by atoms with van der Waals surface area (Å²) in [6, 6.07) is 9.44. The molecule has 0 bridgehead atoms. The van der Waals surface area contributed by atoms with Gasteiger partial charge in [0.25, 0.3) is 5.56 Å². The summed E-state index contributed by atoms with van der Waals surface area (Å²) in [5.74, 6) is -0.251. The molecule has 3 N–H and O–H groups in total. The molecule has 1 aromatic heterocycles. The Kier molecular flexibility index (Phi) is 7.29. The van der Waals surface area contributed by atoms with Crippen LogP contribution in [-0.2, 0) is 29.2 Å². The zero-order chi connectivity index (χ0) is 21.5. The van der Waals surface area contributed by atoms with E-state index in [4.69, 9.17) is 10.5 Å². The Labute approximate surface area is 175 Å². The molecule has 1 aromatic carbocycles. The fourth-order valence-electron chi connectivity index (χ4n) is 3.45. The summed E-state index contributed by atoms with van der Waals surface area (Å²) in [5.41, 5.74) is 6.36. The van der Waals surface area contributed by atoms with Gasteiger partial charge in [-0.25, -0.2) is 9.36 Å². The van der Waals surface area contributed by atoms with Crippen molar-refractivity contribution in [1.82, 2.24) is 14.5 Å². The maximum atomic E-state index is 13.2. The second kappa shape index (κ2) is 10.1. The number of morpholine rings is 1. The number of rotatable bonds is 8. The number of benzene rings is 1. The number of nitrogens with one attached hydrogen (secondary N) is 1. The van der Waals surface area contributed by atoms with Crippen LogP contribution in [0.3, 0.4) is 0 Å². The standard InChI is InChI=1S/C21H29N5O4/c1-2-3-9-25-19(22)18(24-10-12-30-13-11-24)20(28)26(21(25)29)15-17(27)23-14-16-7-5-4-6-8-16/h4-8H,2-3,9-15,22H2,1H3,(H,23,27). The maximum absolute atomic E-state index is 13.2. The SMILES string of the molecule is CCCCn1c(N)c(N2CCOCC2)c(=O)n(CC(=O)NCc2ccccc2)c1=O. The maximum Gasteiger partial charge on any atom is 0.333 e. The van der Waals surface area contributed by atoms with Gasteiger partial charge in [0, 0.05) is 26.2 Å². The van der Waals surface area contributed by atoms with Gasteiger partial charge in [-0.3, -0.25) is 14.2 Å². The van der Waals surface area contributed by atoms with E-state index in [9.17, 15) is 14.4 Å². The highest BCUT2D eigenvalue weighted by atomic mass is 16.5. The van der Waals surface area contributed by atoms with Gasteiger partial charge in [0.2, 0.25) is 5.91 Å². The number of unbranched alkanes of at least 4 members (excludes halogenated alkanes) is 1. The monoisotopic (exact) mass is 415 g/mol. The molecule has 0 atom stereocenters. The summed E-state index contributed by atoms with van der Waals surface area (Å²) in [5, 5.41) is 2.77. The zero-order valence-corrected chi connectivity index (χ0v) is 17.3. The molecule has 0 radical (unpaired) electrons. The van der Waals surface area contributed by atoms with Crippen molar-refractivity contribution in [3.63, 3.8) is 0 Å². The zero-order valence-electron chi connectivity index (χ0n) is 17.3. The molecular formula is C21H29N5O4. The molecule has 162 valence electrons. The molecule has 3 rings (SSSR count). The molecule has 0 aliphatic carbocycles. The molecule has 30 heavy (non-hydrogen) atoms. The molecule has 2 aromatic rings. The van der Waals surface area contributed by atoms with Crippen LogP contribution in [0.4, 0.5) is 11.5 Å². The van der Waals surface area contributed by atoms with Crippen molar-refractivity contribution in [1.29, 1.82) is 0 Å². The quantitative estimate of drug-likeness (QED) is 0.651. The number of nitrogens with zero attached hydrogens (tertiary/aromatic N) is 3. The first-order valence-corrected chi connectivity index (χ1v) is 10.3. The van der Waals surface area contributed by atoms with Gasteiger partial charge in [0.15, 0.2) is 0 Å². The van der Waals surface area contributed by atoms with Crippen LogP contribution in [0, 0.1) is 0 Å². The van der Waals surface area contributed by atoms with Gasteiger partial charge in [0.1, 0.15) is 18.1 Å². The number of nitrogens with two attached hydrogens (primary N) is 1. The predicted molar refractivity (Wildman–Crippen MR) is 116 cm³/mol. The third-order valence-electron chi connectivity index (χ3n) is 5.14. The van der Waals surface area contributed by atoms with Crippen molar-refractivity contribution in [3.8, 4) is 0 Å². The first-order valence-electron chi connectivity index (χ1n) is 10.3. The van der Waals surface area contributed by atoms with Gasteiger partial charge in [-0.05, 0) is 12.0 Å². The van der Waals surface area contributed by atoms with E-state index in [0.717, 1.165) is 23.0 Å². The molecular weight excluding hydrogens is 386 g/mol. The van der Waals surface area contributed by atoms with E-state index in [1.807, 2.05) is 42.2 Å². The van der Waals surface area contributed by atoms with E-state index in [1.165, 1.54) is 4.57 Å². The third-order valence-corrected chi connectivity index (χ3v) is 5.14. The van der Waals surface area contributed by atoms with Gasteiger partial charge in [0.05, 0.1) is 13.2 Å². The highest BCUT2D eigenvalue weighted by molar-refractivity contribution is 5.76. The topological polar surface area (TPSA) is 112 Å². The van der Waals surface area contributed by atoms with Crippen molar-refractivity contribution in [2.75, 3.05) is 36.9 Å². The molecule has 0 unspecified atom stereocenters. The van der Waals surface area contributed by atoms with Gasteiger partial charge in [-0.1, -0.05) is 43.7 Å².